The van der Waals surface area contributed by atoms with Crippen LogP contribution in [0.5, 0.6) is 0 Å². The van der Waals surface area contributed by atoms with Crippen LogP contribution in [0.25, 0.3) is 5.82 Å². The molecule has 8 heteroatoms. The molecule has 3 aromatic rings. The maximum atomic E-state index is 12.9. The third-order valence-electron chi connectivity index (χ3n) is 4.42. The van der Waals surface area contributed by atoms with Crippen LogP contribution >= 0.6 is 27.5 Å². The van der Waals surface area contributed by atoms with Crippen LogP contribution in [0.2, 0.25) is 5.02 Å². The van der Waals surface area contributed by atoms with Gasteiger partial charge in [-0.25, -0.2) is 9.67 Å². The second kappa shape index (κ2) is 6.41. The van der Waals surface area contributed by atoms with Crippen LogP contribution in [0.4, 0.5) is 5.69 Å². The highest BCUT2D eigenvalue weighted by atomic mass is 79.9. The van der Waals surface area contributed by atoms with Crippen LogP contribution in [0.3, 0.4) is 0 Å². The van der Waals surface area contributed by atoms with Crippen molar-refractivity contribution in [1.29, 1.82) is 0 Å². The van der Waals surface area contributed by atoms with Crippen molar-refractivity contribution in [3.05, 3.63) is 69.0 Å². The number of aryl methyl sites for hydroxylation is 1. The van der Waals surface area contributed by atoms with Crippen LogP contribution in [0.15, 0.2) is 47.2 Å². The average molecular weight is 433 g/mol. The Kier molecular flexibility index (Phi) is 4.20. The molecule has 0 aliphatic carbocycles. The highest BCUT2D eigenvalue weighted by Gasteiger charge is 2.34. The molecule has 0 bridgehead atoms. The molecule has 0 fully saturated rings. The number of halogens is 2. The summed E-state index contributed by atoms with van der Waals surface area (Å²) in [6.45, 7) is 1.98. The standard InChI is InChI=1S/C18H15BrClN5O/c1-10-5-3-6-11-15(10)22-17(24(2)18(11)26)13-9-14(19)23-25(13)16-12(20)7-4-8-21-16/h3-9,17,22H,1-2H3. The number of anilines is 1. The first-order valence-corrected chi connectivity index (χ1v) is 9.14. The lowest BCUT2D eigenvalue weighted by molar-refractivity contribution is 0.0730. The largest absolute Gasteiger partial charge is 0.359 e. The number of nitrogens with one attached hydrogen (secondary N) is 1. The molecule has 1 unspecified atom stereocenters. The van der Waals surface area contributed by atoms with Crippen LogP contribution in [-0.4, -0.2) is 32.6 Å². The zero-order valence-corrected chi connectivity index (χ0v) is 16.4. The zero-order chi connectivity index (χ0) is 18.4. The van der Waals surface area contributed by atoms with Crippen molar-refractivity contribution in [3.63, 3.8) is 0 Å². The first kappa shape index (κ1) is 17.1. The van der Waals surface area contributed by atoms with Gasteiger partial charge in [0.25, 0.3) is 5.91 Å². The molecule has 0 saturated carbocycles. The summed E-state index contributed by atoms with van der Waals surface area (Å²) in [5.74, 6) is 0.455. The summed E-state index contributed by atoms with van der Waals surface area (Å²) >= 11 is 9.73. The number of nitrogens with zero attached hydrogens (tertiary/aromatic N) is 4. The molecule has 2 aromatic heterocycles. The molecule has 3 heterocycles. The third-order valence-corrected chi connectivity index (χ3v) is 5.10. The van der Waals surface area contributed by atoms with E-state index in [0.717, 1.165) is 16.9 Å². The van der Waals surface area contributed by atoms with Crippen LogP contribution in [0, 0.1) is 6.92 Å². The number of aromatic nitrogens is 3. The summed E-state index contributed by atoms with van der Waals surface area (Å²) in [6, 6.07) is 11.1. The van der Waals surface area contributed by atoms with Crippen molar-refractivity contribution in [2.24, 2.45) is 0 Å². The Balaban J connectivity index is 1.86. The maximum Gasteiger partial charge on any atom is 0.257 e. The molecular weight excluding hydrogens is 418 g/mol. The van der Waals surface area contributed by atoms with Gasteiger partial charge in [-0.05, 0) is 52.7 Å². The van der Waals surface area contributed by atoms with Crippen molar-refractivity contribution >= 4 is 39.1 Å². The second-order valence-electron chi connectivity index (χ2n) is 6.07. The molecule has 0 radical (unpaired) electrons. The van der Waals surface area contributed by atoms with Crippen molar-refractivity contribution in [3.8, 4) is 5.82 Å². The molecule has 4 rings (SSSR count). The predicted octanol–water partition coefficient (Wildman–Crippen LogP) is 4.19. The summed E-state index contributed by atoms with van der Waals surface area (Å²) in [7, 11) is 1.76. The fourth-order valence-electron chi connectivity index (χ4n) is 3.11. The summed E-state index contributed by atoms with van der Waals surface area (Å²) < 4.78 is 2.28. The monoisotopic (exact) mass is 431 g/mol. The fourth-order valence-corrected chi connectivity index (χ4v) is 3.71. The quantitative estimate of drug-likeness (QED) is 0.659. The van der Waals surface area contributed by atoms with Gasteiger partial charge >= 0.3 is 0 Å². The topological polar surface area (TPSA) is 63.1 Å². The fraction of sp³-hybridized carbons (Fsp3) is 0.167. The molecule has 1 N–H and O–H groups in total. The lowest BCUT2D eigenvalue weighted by Gasteiger charge is -2.36. The SMILES string of the molecule is Cc1cccc2c1NC(c1cc(Br)nn1-c1ncccc1Cl)N(C)C2=O. The normalized spacial score (nSPS) is 16.4. The summed E-state index contributed by atoms with van der Waals surface area (Å²) in [4.78, 5) is 18.9. The van der Waals surface area contributed by atoms with Gasteiger partial charge in [0.05, 0.1) is 22.0 Å². The number of carbonyl (C=O) groups excluding carboxylic acids is 1. The number of amides is 1. The molecular formula is C18H15BrClN5O. The van der Waals surface area contributed by atoms with Crippen LogP contribution < -0.4 is 5.32 Å². The van der Waals surface area contributed by atoms with E-state index < -0.39 is 6.17 Å². The molecule has 1 atom stereocenters. The van der Waals surface area contributed by atoms with E-state index in [-0.39, 0.29) is 5.91 Å². The number of pyridine rings is 1. The van der Waals surface area contributed by atoms with E-state index in [1.807, 2.05) is 31.2 Å². The Morgan fingerprint density at radius 1 is 1.27 bits per heavy atom. The Bertz CT molecular complexity index is 1020. The molecule has 1 amide bonds. The Hall–Kier alpha value is -2.38. The van der Waals surface area contributed by atoms with E-state index in [9.17, 15) is 4.79 Å². The molecule has 0 saturated heterocycles. The van der Waals surface area contributed by atoms with Gasteiger partial charge in [-0.1, -0.05) is 23.7 Å². The third kappa shape index (κ3) is 2.68. The minimum Gasteiger partial charge on any atom is -0.359 e. The highest BCUT2D eigenvalue weighted by molar-refractivity contribution is 9.10. The highest BCUT2D eigenvalue weighted by Crippen LogP contribution is 2.36. The van der Waals surface area contributed by atoms with E-state index in [1.165, 1.54) is 0 Å². The minimum atomic E-state index is -0.409. The summed E-state index contributed by atoms with van der Waals surface area (Å²) in [5, 5.41) is 8.40. The van der Waals surface area contributed by atoms with E-state index in [1.54, 1.807) is 35.0 Å². The second-order valence-corrected chi connectivity index (χ2v) is 7.29. The van der Waals surface area contributed by atoms with E-state index in [0.29, 0.717) is 21.0 Å². The molecule has 1 aromatic carbocycles. The first-order chi connectivity index (χ1) is 12.5. The van der Waals surface area contributed by atoms with Crippen molar-refractivity contribution in [1.82, 2.24) is 19.7 Å². The van der Waals surface area contributed by atoms with Gasteiger partial charge in [-0.15, -0.1) is 0 Å². The van der Waals surface area contributed by atoms with Crippen molar-refractivity contribution in [2.75, 3.05) is 12.4 Å². The Morgan fingerprint density at radius 2 is 2.08 bits per heavy atom. The minimum absolute atomic E-state index is 0.0524. The van der Waals surface area contributed by atoms with Gasteiger partial charge in [-0.3, -0.25) is 4.79 Å². The zero-order valence-electron chi connectivity index (χ0n) is 14.1. The average Bonchev–Trinajstić information content (AvgIpc) is 3.00. The van der Waals surface area contributed by atoms with Crippen molar-refractivity contribution in [2.45, 2.75) is 13.1 Å². The molecule has 132 valence electrons. The molecule has 1 aliphatic heterocycles. The maximum absolute atomic E-state index is 12.9. The van der Waals surface area contributed by atoms with Crippen molar-refractivity contribution < 1.29 is 4.79 Å². The Labute approximate surface area is 163 Å². The Morgan fingerprint density at radius 3 is 2.85 bits per heavy atom. The molecule has 6 nitrogen and oxygen atoms in total. The van der Waals surface area contributed by atoms with Gasteiger partial charge in [0.1, 0.15) is 10.8 Å². The predicted molar refractivity (Wildman–Crippen MR) is 104 cm³/mol. The number of rotatable bonds is 2. The summed E-state index contributed by atoms with van der Waals surface area (Å²) in [6.07, 6.45) is 1.25. The number of carbonyl (C=O) groups is 1. The van der Waals surface area contributed by atoms with Gasteiger partial charge in [0, 0.05) is 13.2 Å². The van der Waals surface area contributed by atoms with Gasteiger partial charge in [0.2, 0.25) is 0 Å². The van der Waals surface area contributed by atoms with E-state index in [4.69, 9.17) is 11.6 Å². The molecule has 0 spiro atoms. The number of benzene rings is 1. The van der Waals surface area contributed by atoms with Crippen LogP contribution in [0.1, 0.15) is 27.8 Å². The van der Waals surface area contributed by atoms with Crippen LogP contribution in [-0.2, 0) is 0 Å². The van der Waals surface area contributed by atoms with E-state index in [2.05, 4.69) is 31.3 Å². The van der Waals surface area contributed by atoms with Gasteiger partial charge < -0.3 is 10.2 Å². The number of fused-ring (bicyclic) bond motifs is 1. The van der Waals surface area contributed by atoms with E-state index >= 15 is 0 Å². The lowest BCUT2D eigenvalue weighted by atomic mass is 10.0. The first-order valence-electron chi connectivity index (χ1n) is 7.97. The van der Waals surface area contributed by atoms with Gasteiger partial charge in [0.15, 0.2) is 5.82 Å². The van der Waals surface area contributed by atoms with Gasteiger partial charge in [-0.2, -0.15) is 5.10 Å². The lowest BCUT2D eigenvalue weighted by Crippen LogP contribution is -2.41. The molecule has 1 aliphatic rings. The summed E-state index contributed by atoms with van der Waals surface area (Å²) in [5.41, 5.74) is 3.25. The smallest absolute Gasteiger partial charge is 0.257 e. The number of hydrogen-bond donors (Lipinski definition) is 1. The number of para-hydroxylation sites is 1. The molecule has 26 heavy (non-hydrogen) atoms. The number of hydrogen-bond acceptors (Lipinski definition) is 4.